The lowest BCUT2D eigenvalue weighted by molar-refractivity contribution is 0.697. The van der Waals surface area contributed by atoms with Crippen LogP contribution in [0.5, 0.6) is 0 Å². The molecule has 0 spiro atoms. The molecule has 5 heteroatoms. The maximum atomic E-state index is 6.16. The van der Waals surface area contributed by atoms with E-state index in [0.717, 1.165) is 26.7 Å². The first-order chi connectivity index (χ1) is 8.13. The number of hydrogen-bond donors (Lipinski definition) is 1. The van der Waals surface area contributed by atoms with Gasteiger partial charge in [0.15, 0.2) is 0 Å². The molecule has 0 aliphatic heterocycles. The van der Waals surface area contributed by atoms with Crippen molar-refractivity contribution < 1.29 is 0 Å². The van der Waals surface area contributed by atoms with E-state index in [1.54, 1.807) is 0 Å². The van der Waals surface area contributed by atoms with E-state index in [4.69, 9.17) is 11.6 Å². The summed E-state index contributed by atoms with van der Waals surface area (Å²) in [6.45, 7) is 3.97. The first kappa shape index (κ1) is 12.5. The molecule has 1 aromatic heterocycles. The topological polar surface area (TPSA) is 37.8 Å². The summed E-state index contributed by atoms with van der Waals surface area (Å²) >= 11 is 7.58. The van der Waals surface area contributed by atoms with Crippen LogP contribution in [0.15, 0.2) is 18.2 Å². The molecule has 17 heavy (non-hydrogen) atoms. The molecule has 3 nitrogen and oxygen atoms in total. The Morgan fingerprint density at radius 2 is 2.12 bits per heavy atom. The molecule has 0 bridgehead atoms. The zero-order valence-electron chi connectivity index (χ0n) is 9.99. The molecule has 0 radical (unpaired) electrons. The number of aryl methyl sites for hydroxylation is 2. The zero-order valence-corrected chi connectivity index (χ0v) is 11.6. The minimum Gasteiger partial charge on any atom is -0.309 e. The molecule has 1 aromatic carbocycles. The van der Waals surface area contributed by atoms with Crippen molar-refractivity contribution in [2.75, 3.05) is 7.05 Å². The Hall–Kier alpha value is -0.970. The van der Waals surface area contributed by atoms with E-state index in [1.807, 2.05) is 33.0 Å². The first-order valence-corrected chi connectivity index (χ1v) is 6.50. The fourth-order valence-corrected chi connectivity index (χ4v) is 2.71. The summed E-state index contributed by atoms with van der Waals surface area (Å²) in [6.07, 6.45) is 0. The van der Waals surface area contributed by atoms with Crippen LogP contribution in [-0.4, -0.2) is 16.6 Å². The Balaban J connectivity index is 2.42. The Morgan fingerprint density at radius 1 is 1.35 bits per heavy atom. The van der Waals surface area contributed by atoms with Gasteiger partial charge in [0.1, 0.15) is 0 Å². The number of nitrogens with one attached hydrogen (secondary N) is 1. The van der Waals surface area contributed by atoms with Gasteiger partial charge in [-0.25, -0.2) is 0 Å². The minimum absolute atomic E-state index is 0.105. The van der Waals surface area contributed by atoms with Gasteiger partial charge in [0.25, 0.3) is 0 Å². The van der Waals surface area contributed by atoms with Crippen molar-refractivity contribution in [2.24, 2.45) is 0 Å². The van der Waals surface area contributed by atoms with Crippen LogP contribution >= 0.6 is 23.1 Å². The van der Waals surface area contributed by atoms with Gasteiger partial charge in [-0.05, 0) is 49.6 Å². The van der Waals surface area contributed by atoms with Gasteiger partial charge in [-0.3, -0.25) is 0 Å². The highest BCUT2D eigenvalue weighted by molar-refractivity contribution is 7.05. The fraction of sp³-hybridized carbons (Fsp3) is 0.333. The third kappa shape index (κ3) is 2.49. The van der Waals surface area contributed by atoms with E-state index in [0.29, 0.717) is 0 Å². The normalized spacial score (nSPS) is 12.7. The molecule has 2 aromatic rings. The lowest BCUT2D eigenvalue weighted by atomic mass is 10.0. The fourth-order valence-electron chi connectivity index (χ4n) is 1.74. The molecule has 1 heterocycles. The number of halogens is 1. The highest BCUT2D eigenvalue weighted by atomic mass is 35.5. The highest BCUT2D eigenvalue weighted by Gasteiger charge is 2.18. The van der Waals surface area contributed by atoms with Gasteiger partial charge in [-0.15, -0.1) is 5.10 Å². The quantitative estimate of drug-likeness (QED) is 0.929. The average molecular weight is 268 g/mol. The van der Waals surface area contributed by atoms with Crippen LogP contribution in [-0.2, 0) is 0 Å². The average Bonchev–Trinajstić information content (AvgIpc) is 2.71. The van der Waals surface area contributed by atoms with Gasteiger partial charge >= 0.3 is 0 Å². The van der Waals surface area contributed by atoms with E-state index in [2.05, 4.69) is 21.0 Å². The largest absolute Gasteiger partial charge is 0.309 e. The number of rotatable bonds is 3. The third-order valence-electron chi connectivity index (χ3n) is 2.77. The van der Waals surface area contributed by atoms with Crippen LogP contribution in [0.25, 0.3) is 0 Å². The van der Waals surface area contributed by atoms with Crippen molar-refractivity contribution in [2.45, 2.75) is 19.9 Å². The standard InChI is InChI=1S/C12H14ClN3S/c1-7-4-5-9(6-10(7)13)11(14-3)12-8(2)15-16-17-12/h4-6,11,14H,1-3H3. The molecule has 90 valence electrons. The number of aromatic nitrogens is 2. The molecule has 0 aliphatic carbocycles. The number of benzene rings is 1. The van der Waals surface area contributed by atoms with Gasteiger partial charge in [-0.1, -0.05) is 28.2 Å². The van der Waals surface area contributed by atoms with Crippen molar-refractivity contribution in [3.63, 3.8) is 0 Å². The monoisotopic (exact) mass is 267 g/mol. The van der Waals surface area contributed by atoms with Gasteiger partial charge in [-0.2, -0.15) is 0 Å². The molecule has 1 atom stereocenters. The van der Waals surface area contributed by atoms with Crippen molar-refractivity contribution in [3.8, 4) is 0 Å². The summed E-state index contributed by atoms with van der Waals surface area (Å²) < 4.78 is 3.97. The molecular weight excluding hydrogens is 254 g/mol. The summed E-state index contributed by atoms with van der Waals surface area (Å²) in [6, 6.07) is 6.22. The SMILES string of the molecule is CNC(c1ccc(C)c(Cl)c1)c1snnc1C. The Kier molecular flexibility index (Phi) is 3.76. The van der Waals surface area contributed by atoms with Crippen LogP contribution in [0.1, 0.15) is 27.7 Å². The summed E-state index contributed by atoms with van der Waals surface area (Å²) in [5.41, 5.74) is 3.19. The number of nitrogens with zero attached hydrogens (tertiary/aromatic N) is 2. The van der Waals surface area contributed by atoms with Gasteiger partial charge in [0.2, 0.25) is 0 Å². The van der Waals surface area contributed by atoms with Gasteiger partial charge < -0.3 is 5.32 Å². The first-order valence-electron chi connectivity index (χ1n) is 5.35. The second-order valence-electron chi connectivity index (χ2n) is 3.95. The molecular formula is C12H14ClN3S. The third-order valence-corrected chi connectivity index (χ3v) is 4.06. The van der Waals surface area contributed by atoms with Crippen LogP contribution in [0.4, 0.5) is 0 Å². The predicted molar refractivity (Wildman–Crippen MR) is 71.7 cm³/mol. The van der Waals surface area contributed by atoms with Crippen LogP contribution in [0.2, 0.25) is 5.02 Å². The smallest absolute Gasteiger partial charge is 0.0776 e. The van der Waals surface area contributed by atoms with Gasteiger partial charge in [0, 0.05) is 5.02 Å². The lowest BCUT2D eigenvalue weighted by Crippen LogP contribution is -2.17. The van der Waals surface area contributed by atoms with Crippen LogP contribution < -0.4 is 5.32 Å². The minimum atomic E-state index is 0.105. The van der Waals surface area contributed by atoms with Crippen molar-refractivity contribution in [1.29, 1.82) is 0 Å². The second kappa shape index (κ2) is 5.12. The lowest BCUT2D eigenvalue weighted by Gasteiger charge is -2.16. The molecule has 1 N–H and O–H groups in total. The summed E-state index contributed by atoms with van der Waals surface area (Å²) in [4.78, 5) is 1.13. The molecule has 0 aliphatic rings. The molecule has 1 unspecified atom stereocenters. The summed E-state index contributed by atoms with van der Waals surface area (Å²) in [5.74, 6) is 0. The van der Waals surface area contributed by atoms with E-state index in [-0.39, 0.29) is 6.04 Å². The van der Waals surface area contributed by atoms with E-state index in [9.17, 15) is 0 Å². The second-order valence-corrected chi connectivity index (χ2v) is 5.15. The molecule has 0 amide bonds. The van der Waals surface area contributed by atoms with Crippen LogP contribution in [0, 0.1) is 13.8 Å². The predicted octanol–water partition coefficient (Wildman–Crippen LogP) is 3.12. The summed E-state index contributed by atoms with van der Waals surface area (Å²) in [7, 11) is 1.93. The van der Waals surface area contributed by atoms with Crippen molar-refractivity contribution in [3.05, 3.63) is 44.9 Å². The maximum absolute atomic E-state index is 6.16. The van der Waals surface area contributed by atoms with Crippen molar-refractivity contribution >= 4 is 23.1 Å². The van der Waals surface area contributed by atoms with E-state index < -0.39 is 0 Å². The Morgan fingerprint density at radius 3 is 2.65 bits per heavy atom. The Labute approximate surface area is 110 Å². The van der Waals surface area contributed by atoms with Crippen molar-refractivity contribution in [1.82, 2.24) is 14.9 Å². The highest BCUT2D eigenvalue weighted by Crippen LogP contribution is 2.29. The van der Waals surface area contributed by atoms with E-state index >= 15 is 0 Å². The van der Waals surface area contributed by atoms with Crippen LogP contribution in [0.3, 0.4) is 0 Å². The van der Waals surface area contributed by atoms with Gasteiger partial charge in [0.05, 0.1) is 16.6 Å². The maximum Gasteiger partial charge on any atom is 0.0776 e. The molecule has 0 saturated carbocycles. The molecule has 2 rings (SSSR count). The molecule has 0 fully saturated rings. The number of hydrogen-bond acceptors (Lipinski definition) is 4. The zero-order chi connectivity index (χ0) is 12.4. The summed E-state index contributed by atoms with van der Waals surface area (Å²) in [5, 5.41) is 8.12. The van der Waals surface area contributed by atoms with E-state index in [1.165, 1.54) is 11.5 Å². The Bertz CT molecular complexity index is 524. The molecule has 0 saturated heterocycles.